The Labute approximate surface area is 127 Å². The average molecular weight is 330 g/mol. The molecule has 2 N–H and O–H groups in total. The van der Waals surface area contributed by atoms with Gasteiger partial charge in [0.15, 0.2) is 0 Å². The van der Waals surface area contributed by atoms with Gasteiger partial charge in [0.2, 0.25) is 0 Å². The van der Waals surface area contributed by atoms with Crippen LogP contribution >= 0.6 is 11.6 Å². The van der Waals surface area contributed by atoms with Gasteiger partial charge in [-0.25, -0.2) is 12.8 Å². The predicted molar refractivity (Wildman–Crippen MR) is 80.6 cm³/mol. The van der Waals surface area contributed by atoms with Crippen molar-refractivity contribution in [1.82, 2.24) is 4.98 Å². The molecule has 2 aromatic rings. The summed E-state index contributed by atoms with van der Waals surface area (Å²) in [7, 11) is -3.90. The SMILES string of the molecule is CCNc1ccncc1S(=O)(=O)Nc1cc(F)cc(Cl)c1. The van der Waals surface area contributed by atoms with Gasteiger partial charge in [0, 0.05) is 24.0 Å². The van der Waals surface area contributed by atoms with Gasteiger partial charge >= 0.3 is 0 Å². The third-order valence-electron chi connectivity index (χ3n) is 2.56. The lowest BCUT2D eigenvalue weighted by Crippen LogP contribution is -2.16. The average Bonchev–Trinajstić information content (AvgIpc) is 2.37. The summed E-state index contributed by atoms with van der Waals surface area (Å²) in [4.78, 5) is 3.79. The second-order valence-electron chi connectivity index (χ2n) is 4.17. The summed E-state index contributed by atoms with van der Waals surface area (Å²) in [5, 5.41) is 3.03. The lowest BCUT2D eigenvalue weighted by atomic mass is 10.3. The van der Waals surface area contributed by atoms with Crippen LogP contribution in [0.4, 0.5) is 15.8 Å². The molecule has 1 aromatic carbocycles. The third-order valence-corrected chi connectivity index (χ3v) is 4.18. The van der Waals surface area contributed by atoms with E-state index in [9.17, 15) is 12.8 Å². The molecule has 1 aromatic heterocycles. The second kappa shape index (κ2) is 6.28. The van der Waals surface area contributed by atoms with Crippen molar-refractivity contribution in [3.8, 4) is 0 Å². The van der Waals surface area contributed by atoms with E-state index >= 15 is 0 Å². The number of hydrogen-bond donors (Lipinski definition) is 2. The minimum atomic E-state index is -3.90. The molecule has 2 rings (SSSR count). The van der Waals surface area contributed by atoms with Crippen molar-refractivity contribution < 1.29 is 12.8 Å². The summed E-state index contributed by atoms with van der Waals surface area (Å²) in [6, 6.07) is 5.02. The highest BCUT2D eigenvalue weighted by molar-refractivity contribution is 7.92. The molecule has 21 heavy (non-hydrogen) atoms. The summed E-state index contributed by atoms with van der Waals surface area (Å²) in [5.41, 5.74) is 0.466. The molecule has 0 saturated heterocycles. The normalized spacial score (nSPS) is 11.2. The van der Waals surface area contributed by atoms with Crippen LogP contribution in [-0.2, 0) is 10.0 Å². The molecule has 8 heteroatoms. The fraction of sp³-hybridized carbons (Fsp3) is 0.154. The Morgan fingerprint density at radius 2 is 2.10 bits per heavy atom. The monoisotopic (exact) mass is 329 g/mol. The molecular weight excluding hydrogens is 317 g/mol. The van der Waals surface area contributed by atoms with Gasteiger partial charge in [-0.3, -0.25) is 9.71 Å². The predicted octanol–water partition coefficient (Wildman–Crippen LogP) is 3.11. The van der Waals surface area contributed by atoms with Gasteiger partial charge < -0.3 is 5.32 Å². The van der Waals surface area contributed by atoms with Crippen LogP contribution in [0.25, 0.3) is 0 Å². The fourth-order valence-corrected chi connectivity index (χ4v) is 3.14. The number of nitrogens with one attached hydrogen (secondary N) is 2. The van der Waals surface area contributed by atoms with Crippen LogP contribution in [0.5, 0.6) is 0 Å². The van der Waals surface area contributed by atoms with Crippen molar-refractivity contribution in [2.75, 3.05) is 16.6 Å². The van der Waals surface area contributed by atoms with Gasteiger partial charge in [0.1, 0.15) is 10.7 Å². The van der Waals surface area contributed by atoms with Gasteiger partial charge in [-0.2, -0.15) is 0 Å². The minimum absolute atomic E-state index is 0.0211. The van der Waals surface area contributed by atoms with Crippen molar-refractivity contribution in [1.29, 1.82) is 0 Å². The highest BCUT2D eigenvalue weighted by atomic mass is 35.5. The third kappa shape index (κ3) is 3.83. The standard InChI is InChI=1S/C13H13ClFN3O2S/c1-2-17-12-3-4-16-8-13(12)21(19,20)18-11-6-9(14)5-10(15)7-11/h3-8,18H,2H2,1H3,(H,16,17). The molecule has 0 unspecified atom stereocenters. The molecule has 0 atom stereocenters. The lowest BCUT2D eigenvalue weighted by molar-refractivity contribution is 0.601. The van der Waals surface area contributed by atoms with Crippen molar-refractivity contribution in [2.24, 2.45) is 0 Å². The van der Waals surface area contributed by atoms with E-state index < -0.39 is 15.8 Å². The van der Waals surface area contributed by atoms with E-state index in [1.165, 1.54) is 18.5 Å². The molecule has 0 aliphatic heterocycles. The van der Waals surface area contributed by atoms with E-state index in [1.807, 2.05) is 6.92 Å². The van der Waals surface area contributed by atoms with Crippen LogP contribution < -0.4 is 10.0 Å². The molecule has 0 aliphatic rings. The number of halogens is 2. The molecule has 0 saturated carbocycles. The van der Waals surface area contributed by atoms with Gasteiger partial charge in [-0.15, -0.1) is 0 Å². The molecule has 0 spiro atoms. The summed E-state index contributed by atoms with van der Waals surface area (Å²) >= 11 is 5.71. The highest BCUT2D eigenvalue weighted by Crippen LogP contribution is 2.24. The maximum absolute atomic E-state index is 13.3. The number of anilines is 2. The maximum atomic E-state index is 13.3. The molecule has 1 heterocycles. The van der Waals surface area contributed by atoms with E-state index in [2.05, 4.69) is 15.0 Å². The van der Waals surface area contributed by atoms with Crippen LogP contribution in [0.2, 0.25) is 5.02 Å². The van der Waals surface area contributed by atoms with Gasteiger partial charge in [-0.1, -0.05) is 11.6 Å². The summed E-state index contributed by atoms with van der Waals surface area (Å²) < 4.78 is 40.3. The maximum Gasteiger partial charge on any atom is 0.265 e. The first kappa shape index (κ1) is 15.5. The fourth-order valence-electron chi connectivity index (χ4n) is 1.75. The lowest BCUT2D eigenvalue weighted by Gasteiger charge is -2.12. The number of aromatic nitrogens is 1. The number of hydrogen-bond acceptors (Lipinski definition) is 4. The smallest absolute Gasteiger partial charge is 0.265 e. The number of nitrogens with zero attached hydrogens (tertiary/aromatic N) is 1. The highest BCUT2D eigenvalue weighted by Gasteiger charge is 2.19. The van der Waals surface area contributed by atoms with Crippen LogP contribution in [0.1, 0.15) is 6.92 Å². The van der Waals surface area contributed by atoms with Crippen molar-refractivity contribution >= 4 is 33.0 Å². The largest absolute Gasteiger partial charge is 0.384 e. The molecule has 5 nitrogen and oxygen atoms in total. The molecular formula is C13H13ClFN3O2S. The summed E-state index contributed by atoms with van der Waals surface area (Å²) in [6.45, 7) is 2.40. The van der Waals surface area contributed by atoms with Crippen molar-refractivity contribution in [2.45, 2.75) is 11.8 Å². The van der Waals surface area contributed by atoms with Crippen LogP contribution in [-0.4, -0.2) is 19.9 Å². The second-order valence-corrected chi connectivity index (χ2v) is 6.25. The first-order valence-corrected chi connectivity index (χ1v) is 7.95. The molecule has 0 aliphatic carbocycles. The molecule has 112 valence electrons. The van der Waals surface area contributed by atoms with E-state index in [4.69, 9.17) is 11.6 Å². The van der Waals surface area contributed by atoms with E-state index in [0.717, 1.165) is 12.1 Å². The quantitative estimate of drug-likeness (QED) is 0.884. The van der Waals surface area contributed by atoms with Crippen molar-refractivity contribution in [3.05, 3.63) is 47.5 Å². The summed E-state index contributed by atoms with van der Waals surface area (Å²) in [6.07, 6.45) is 2.71. The number of rotatable bonds is 5. The topological polar surface area (TPSA) is 71.1 Å². The van der Waals surface area contributed by atoms with E-state index in [-0.39, 0.29) is 15.6 Å². The van der Waals surface area contributed by atoms with E-state index in [0.29, 0.717) is 12.2 Å². The molecule has 0 amide bonds. The number of sulfonamides is 1. The molecule has 0 radical (unpaired) electrons. The van der Waals surface area contributed by atoms with Crippen molar-refractivity contribution in [3.63, 3.8) is 0 Å². The number of pyridine rings is 1. The Bertz CT molecular complexity index is 733. The number of benzene rings is 1. The first-order chi connectivity index (χ1) is 9.92. The van der Waals surface area contributed by atoms with Crippen LogP contribution in [0.3, 0.4) is 0 Å². The van der Waals surface area contributed by atoms with Gasteiger partial charge in [0.25, 0.3) is 10.0 Å². The van der Waals surface area contributed by atoms with Gasteiger partial charge in [0.05, 0.1) is 11.4 Å². The van der Waals surface area contributed by atoms with Gasteiger partial charge in [-0.05, 0) is 31.2 Å². The Morgan fingerprint density at radius 3 is 2.76 bits per heavy atom. The Balaban J connectivity index is 2.38. The van der Waals surface area contributed by atoms with Crippen LogP contribution in [0, 0.1) is 5.82 Å². The van der Waals surface area contributed by atoms with E-state index in [1.54, 1.807) is 6.07 Å². The summed E-state index contributed by atoms with van der Waals surface area (Å²) in [5.74, 6) is -0.627. The first-order valence-electron chi connectivity index (χ1n) is 6.09. The Hall–Kier alpha value is -1.86. The Morgan fingerprint density at radius 1 is 1.33 bits per heavy atom. The Kier molecular flexibility index (Phi) is 4.64. The van der Waals surface area contributed by atoms with Crippen LogP contribution in [0.15, 0.2) is 41.6 Å². The zero-order chi connectivity index (χ0) is 15.5. The zero-order valence-electron chi connectivity index (χ0n) is 11.1. The minimum Gasteiger partial charge on any atom is -0.384 e. The zero-order valence-corrected chi connectivity index (χ0v) is 12.7. The molecule has 0 bridgehead atoms. The molecule has 0 fully saturated rings.